The van der Waals surface area contributed by atoms with Crippen molar-refractivity contribution < 1.29 is 13.2 Å². The van der Waals surface area contributed by atoms with E-state index in [-0.39, 0.29) is 23.9 Å². The first-order valence-corrected chi connectivity index (χ1v) is 10.2. The van der Waals surface area contributed by atoms with Crippen LogP contribution in [0.25, 0.3) is 0 Å². The summed E-state index contributed by atoms with van der Waals surface area (Å²) in [4.78, 5) is 12.5. The highest BCUT2D eigenvalue weighted by Gasteiger charge is 2.26. The summed E-state index contributed by atoms with van der Waals surface area (Å²) < 4.78 is 26.9. The molecule has 0 aromatic heterocycles. The second kappa shape index (κ2) is 8.66. The van der Waals surface area contributed by atoms with Gasteiger partial charge < -0.3 is 5.32 Å². The fourth-order valence-electron chi connectivity index (χ4n) is 2.59. The molecular formula is C19H23ClN2O3S. The average Bonchev–Trinajstić information content (AvgIpc) is 2.57. The lowest BCUT2D eigenvalue weighted by atomic mass is 10.1. The first kappa shape index (κ1) is 20.4. The van der Waals surface area contributed by atoms with Gasteiger partial charge in [-0.15, -0.1) is 0 Å². The third kappa shape index (κ3) is 5.06. The molecule has 7 heteroatoms. The summed E-state index contributed by atoms with van der Waals surface area (Å²) in [5.74, 6) is -0.372. The van der Waals surface area contributed by atoms with E-state index in [2.05, 4.69) is 5.32 Å². The van der Waals surface area contributed by atoms with E-state index >= 15 is 0 Å². The Morgan fingerprint density at radius 3 is 2.35 bits per heavy atom. The van der Waals surface area contributed by atoms with Crippen molar-refractivity contribution in [3.05, 3.63) is 58.6 Å². The number of benzene rings is 2. The summed E-state index contributed by atoms with van der Waals surface area (Å²) in [6.07, 6.45) is 0.601. The van der Waals surface area contributed by atoms with Crippen LogP contribution in [0.1, 0.15) is 24.5 Å². The van der Waals surface area contributed by atoms with Gasteiger partial charge in [-0.2, -0.15) is 4.31 Å². The first-order chi connectivity index (χ1) is 12.2. The number of anilines is 1. The fraction of sp³-hybridized carbons (Fsp3) is 0.316. The zero-order chi connectivity index (χ0) is 19.3. The Morgan fingerprint density at radius 1 is 1.12 bits per heavy atom. The Morgan fingerprint density at radius 2 is 1.77 bits per heavy atom. The number of hydrogen-bond acceptors (Lipinski definition) is 3. The van der Waals surface area contributed by atoms with Gasteiger partial charge in [0.25, 0.3) is 0 Å². The largest absolute Gasteiger partial charge is 0.325 e. The van der Waals surface area contributed by atoms with E-state index in [1.165, 1.54) is 28.6 Å². The number of carbonyl (C=O) groups excluding carboxylic acids is 1. The molecule has 0 heterocycles. The maximum atomic E-state index is 12.8. The molecule has 0 unspecified atom stereocenters. The highest BCUT2D eigenvalue weighted by atomic mass is 35.5. The summed E-state index contributed by atoms with van der Waals surface area (Å²) >= 11 is 5.83. The number of aryl methyl sites for hydroxylation is 2. The van der Waals surface area contributed by atoms with Crippen LogP contribution >= 0.6 is 11.6 Å². The number of nitrogens with one attached hydrogen (secondary N) is 1. The maximum absolute atomic E-state index is 12.8. The van der Waals surface area contributed by atoms with E-state index in [9.17, 15) is 13.2 Å². The summed E-state index contributed by atoms with van der Waals surface area (Å²) in [7, 11) is -3.77. The van der Waals surface area contributed by atoms with Gasteiger partial charge in [-0.05, 0) is 56.2 Å². The molecule has 1 N–H and O–H groups in total. The van der Waals surface area contributed by atoms with Crippen LogP contribution in [0, 0.1) is 13.8 Å². The maximum Gasteiger partial charge on any atom is 0.243 e. The van der Waals surface area contributed by atoms with Crippen molar-refractivity contribution >= 4 is 33.2 Å². The number of halogens is 1. The molecule has 5 nitrogen and oxygen atoms in total. The zero-order valence-electron chi connectivity index (χ0n) is 15.1. The lowest BCUT2D eigenvalue weighted by Crippen LogP contribution is -2.38. The summed E-state index contributed by atoms with van der Waals surface area (Å²) in [6.45, 7) is 5.75. The summed E-state index contributed by atoms with van der Waals surface area (Å²) in [5.41, 5.74) is 2.71. The number of nitrogens with zero attached hydrogens (tertiary/aromatic N) is 1. The van der Waals surface area contributed by atoms with Crippen molar-refractivity contribution in [3.8, 4) is 0 Å². The van der Waals surface area contributed by atoms with Crippen molar-refractivity contribution in [2.24, 2.45) is 0 Å². The molecule has 0 radical (unpaired) electrons. The van der Waals surface area contributed by atoms with E-state index < -0.39 is 10.0 Å². The molecule has 26 heavy (non-hydrogen) atoms. The standard InChI is InChI=1S/C19H23ClN2O3S/c1-4-11-22(26(24,25)17-8-6-16(20)7-9-17)13-19(23)21-18-10-5-14(2)12-15(18)3/h5-10,12H,4,11,13H2,1-3H3,(H,21,23). The molecule has 0 fully saturated rings. The molecule has 0 aliphatic carbocycles. The highest BCUT2D eigenvalue weighted by Crippen LogP contribution is 2.20. The predicted octanol–water partition coefficient (Wildman–Crippen LogP) is 4.00. The third-order valence-corrected chi connectivity index (χ3v) is 6.01. The zero-order valence-corrected chi connectivity index (χ0v) is 16.7. The van der Waals surface area contributed by atoms with Crippen molar-refractivity contribution in [3.63, 3.8) is 0 Å². The molecule has 0 saturated heterocycles. The smallest absolute Gasteiger partial charge is 0.243 e. The van der Waals surface area contributed by atoms with Gasteiger partial charge in [0.15, 0.2) is 0 Å². The Bertz CT molecular complexity index is 880. The van der Waals surface area contributed by atoms with Crippen LogP contribution in [0.4, 0.5) is 5.69 Å². The Labute approximate surface area is 160 Å². The first-order valence-electron chi connectivity index (χ1n) is 8.37. The lowest BCUT2D eigenvalue weighted by molar-refractivity contribution is -0.116. The lowest BCUT2D eigenvalue weighted by Gasteiger charge is -2.21. The van der Waals surface area contributed by atoms with Gasteiger partial charge in [0.05, 0.1) is 11.4 Å². The van der Waals surface area contributed by atoms with Crippen LogP contribution in [-0.4, -0.2) is 31.7 Å². The van der Waals surface area contributed by atoms with Gasteiger partial charge in [0.2, 0.25) is 15.9 Å². The van der Waals surface area contributed by atoms with Gasteiger partial charge >= 0.3 is 0 Å². The average molecular weight is 395 g/mol. The van der Waals surface area contributed by atoms with E-state index in [4.69, 9.17) is 11.6 Å². The number of amides is 1. The van der Waals surface area contributed by atoms with E-state index in [0.717, 1.165) is 11.1 Å². The Balaban J connectivity index is 2.18. The van der Waals surface area contributed by atoms with Crippen LogP contribution in [-0.2, 0) is 14.8 Å². The minimum Gasteiger partial charge on any atom is -0.325 e. The molecule has 0 bridgehead atoms. The normalized spacial score (nSPS) is 11.6. The van der Waals surface area contributed by atoms with Gasteiger partial charge in [0.1, 0.15) is 0 Å². The topological polar surface area (TPSA) is 66.5 Å². The third-order valence-electron chi connectivity index (χ3n) is 3.90. The molecule has 0 aliphatic heterocycles. The summed E-state index contributed by atoms with van der Waals surface area (Å²) in [5, 5.41) is 3.25. The molecule has 0 atom stereocenters. The van der Waals surface area contributed by atoms with Gasteiger partial charge in [-0.1, -0.05) is 36.2 Å². The summed E-state index contributed by atoms with van der Waals surface area (Å²) in [6, 6.07) is 11.6. The number of hydrogen-bond donors (Lipinski definition) is 1. The van der Waals surface area contributed by atoms with E-state index in [1.54, 1.807) is 0 Å². The minimum atomic E-state index is -3.77. The minimum absolute atomic E-state index is 0.120. The highest BCUT2D eigenvalue weighted by molar-refractivity contribution is 7.89. The van der Waals surface area contributed by atoms with Gasteiger partial charge in [-0.25, -0.2) is 8.42 Å². The SMILES string of the molecule is CCCN(CC(=O)Nc1ccc(C)cc1C)S(=O)(=O)c1ccc(Cl)cc1. The molecule has 0 aliphatic rings. The van der Waals surface area contributed by atoms with Crippen LogP contribution in [0.3, 0.4) is 0 Å². The van der Waals surface area contributed by atoms with Crippen molar-refractivity contribution in [2.45, 2.75) is 32.1 Å². The molecule has 2 rings (SSSR count). The second-order valence-corrected chi connectivity index (χ2v) is 8.53. The van der Waals surface area contributed by atoms with Crippen molar-refractivity contribution in [2.75, 3.05) is 18.4 Å². The fourth-order valence-corrected chi connectivity index (χ4v) is 4.21. The molecule has 0 spiro atoms. The number of sulfonamides is 1. The van der Waals surface area contributed by atoms with Gasteiger partial charge in [0, 0.05) is 17.3 Å². The molecule has 2 aromatic rings. The predicted molar refractivity (Wildman–Crippen MR) is 105 cm³/mol. The number of rotatable bonds is 7. The monoisotopic (exact) mass is 394 g/mol. The van der Waals surface area contributed by atoms with Crippen LogP contribution in [0.2, 0.25) is 5.02 Å². The molecule has 0 saturated carbocycles. The van der Waals surface area contributed by atoms with E-state index in [0.29, 0.717) is 17.1 Å². The quantitative estimate of drug-likeness (QED) is 0.771. The molecule has 1 amide bonds. The van der Waals surface area contributed by atoms with Crippen molar-refractivity contribution in [1.82, 2.24) is 4.31 Å². The van der Waals surface area contributed by atoms with Crippen molar-refractivity contribution in [1.29, 1.82) is 0 Å². The molecule has 2 aromatic carbocycles. The Kier molecular flexibility index (Phi) is 6.81. The second-order valence-electron chi connectivity index (χ2n) is 6.16. The molecular weight excluding hydrogens is 372 g/mol. The number of carbonyl (C=O) groups is 1. The Hall–Kier alpha value is -1.89. The molecule has 140 valence electrons. The van der Waals surface area contributed by atoms with Crippen LogP contribution < -0.4 is 5.32 Å². The van der Waals surface area contributed by atoms with E-state index in [1.807, 2.05) is 39.0 Å². The van der Waals surface area contributed by atoms with Crippen LogP contribution in [0.15, 0.2) is 47.4 Å². The van der Waals surface area contributed by atoms with Gasteiger partial charge in [-0.3, -0.25) is 4.79 Å². The van der Waals surface area contributed by atoms with Crippen LogP contribution in [0.5, 0.6) is 0 Å².